The molecular formula is C17H23NO2. The first-order valence-corrected chi connectivity index (χ1v) is 7.74. The van der Waals surface area contributed by atoms with E-state index in [-0.39, 0.29) is 11.7 Å². The maximum atomic E-state index is 12.6. The summed E-state index contributed by atoms with van der Waals surface area (Å²) in [6.07, 6.45) is 6.38. The van der Waals surface area contributed by atoms with Gasteiger partial charge in [-0.3, -0.25) is 4.79 Å². The van der Waals surface area contributed by atoms with Crippen LogP contribution in [0.2, 0.25) is 0 Å². The van der Waals surface area contributed by atoms with Gasteiger partial charge in [0.15, 0.2) is 0 Å². The van der Waals surface area contributed by atoms with E-state index in [1.165, 1.54) is 25.7 Å². The van der Waals surface area contributed by atoms with Gasteiger partial charge < -0.3 is 10.0 Å². The first-order valence-electron chi connectivity index (χ1n) is 7.74. The molecule has 0 spiro atoms. The molecule has 3 rings (SSSR count). The molecule has 1 aliphatic heterocycles. The number of hydrogen-bond acceptors (Lipinski definition) is 2. The minimum absolute atomic E-state index is 0.00442. The second-order valence-corrected chi connectivity index (χ2v) is 6.37. The van der Waals surface area contributed by atoms with Crippen LogP contribution in [0.25, 0.3) is 0 Å². The molecule has 1 aromatic rings. The lowest BCUT2D eigenvalue weighted by Gasteiger charge is -2.41. The van der Waals surface area contributed by atoms with Crippen molar-refractivity contribution in [1.82, 2.24) is 4.90 Å². The summed E-state index contributed by atoms with van der Waals surface area (Å²) in [5.74, 6) is 1.59. The Morgan fingerprint density at radius 1 is 1.20 bits per heavy atom. The minimum Gasteiger partial charge on any atom is -0.507 e. The molecule has 2 unspecified atom stereocenters. The van der Waals surface area contributed by atoms with Crippen molar-refractivity contribution in [2.45, 2.75) is 39.0 Å². The molecular weight excluding hydrogens is 250 g/mol. The Labute approximate surface area is 120 Å². The smallest absolute Gasteiger partial charge is 0.257 e. The van der Waals surface area contributed by atoms with Crippen LogP contribution in [0.5, 0.6) is 5.75 Å². The zero-order valence-electron chi connectivity index (χ0n) is 12.1. The molecule has 0 aromatic heterocycles. The zero-order chi connectivity index (χ0) is 14.1. The van der Waals surface area contributed by atoms with Gasteiger partial charge in [0.25, 0.3) is 5.91 Å². The van der Waals surface area contributed by atoms with Crippen LogP contribution in [0.15, 0.2) is 18.2 Å². The number of amides is 1. The quantitative estimate of drug-likeness (QED) is 0.852. The molecule has 1 N–H and O–H groups in total. The van der Waals surface area contributed by atoms with Crippen LogP contribution in [0.1, 0.15) is 48.0 Å². The topological polar surface area (TPSA) is 40.5 Å². The van der Waals surface area contributed by atoms with Crippen molar-refractivity contribution in [3.05, 3.63) is 29.3 Å². The molecule has 20 heavy (non-hydrogen) atoms. The third-order valence-corrected chi connectivity index (χ3v) is 4.96. The molecule has 2 fully saturated rings. The number of nitrogens with zero attached hydrogens (tertiary/aromatic N) is 1. The summed E-state index contributed by atoms with van der Waals surface area (Å²) in [6.45, 7) is 3.66. The number of carbonyl (C=O) groups is 1. The van der Waals surface area contributed by atoms with Crippen molar-refractivity contribution < 1.29 is 9.90 Å². The Hall–Kier alpha value is -1.51. The number of hydrogen-bond donors (Lipinski definition) is 1. The second kappa shape index (κ2) is 5.47. The highest BCUT2D eigenvalue weighted by molar-refractivity contribution is 5.97. The van der Waals surface area contributed by atoms with Crippen LogP contribution in [-0.4, -0.2) is 29.0 Å². The van der Waals surface area contributed by atoms with Gasteiger partial charge in [0.2, 0.25) is 0 Å². The number of aryl methyl sites for hydroxylation is 1. The van der Waals surface area contributed by atoms with Crippen LogP contribution in [-0.2, 0) is 0 Å². The second-order valence-electron chi connectivity index (χ2n) is 6.37. The standard InChI is InChI=1S/C17H23NO2/c1-12-6-7-16(19)15(10-12)17(20)18-9-8-13-4-2-3-5-14(13)11-18/h6-7,10,13-14,19H,2-5,8-9,11H2,1H3. The normalized spacial score (nSPS) is 26.1. The fourth-order valence-corrected chi connectivity index (χ4v) is 3.78. The lowest BCUT2D eigenvalue weighted by Crippen LogP contribution is -2.44. The third-order valence-electron chi connectivity index (χ3n) is 4.96. The summed E-state index contributed by atoms with van der Waals surface area (Å²) in [5.41, 5.74) is 1.47. The monoisotopic (exact) mass is 273 g/mol. The molecule has 3 nitrogen and oxygen atoms in total. The number of likely N-dealkylation sites (tertiary alicyclic amines) is 1. The van der Waals surface area contributed by atoms with E-state index in [1.807, 2.05) is 17.9 Å². The van der Waals surface area contributed by atoms with E-state index in [9.17, 15) is 9.90 Å². The van der Waals surface area contributed by atoms with Gasteiger partial charge in [-0.25, -0.2) is 0 Å². The number of carbonyl (C=O) groups excluding carboxylic acids is 1. The van der Waals surface area contributed by atoms with Crippen molar-refractivity contribution in [2.75, 3.05) is 13.1 Å². The molecule has 0 bridgehead atoms. The number of rotatable bonds is 1. The van der Waals surface area contributed by atoms with E-state index in [0.29, 0.717) is 11.5 Å². The van der Waals surface area contributed by atoms with Crippen LogP contribution >= 0.6 is 0 Å². The van der Waals surface area contributed by atoms with Gasteiger partial charge in [0.1, 0.15) is 5.75 Å². The SMILES string of the molecule is Cc1ccc(O)c(C(=O)N2CCC3CCCCC3C2)c1. The summed E-state index contributed by atoms with van der Waals surface area (Å²) in [5, 5.41) is 9.92. The lowest BCUT2D eigenvalue weighted by atomic mass is 9.75. The number of phenols is 1. The van der Waals surface area contributed by atoms with E-state index < -0.39 is 0 Å². The third kappa shape index (κ3) is 2.54. The lowest BCUT2D eigenvalue weighted by molar-refractivity contribution is 0.0518. The van der Waals surface area contributed by atoms with Crippen molar-refractivity contribution in [1.29, 1.82) is 0 Å². The van der Waals surface area contributed by atoms with E-state index in [4.69, 9.17) is 0 Å². The summed E-state index contributed by atoms with van der Waals surface area (Å²) < 4.78 is 0. The van der Waals surface area contributed by atoms with Gasteiger partial charge >= 0.3 is 0 Å². The molecule has 1 saturated heterocycles. The molecule has 0 radical (unpaired) electrons. The van der Waals surface area contributed by atoms with Crippen molar-refractivity contribution >= 4 is 5.91 Å². The predicted octanol–water partition coefficient (Wildman–Crippen LogP) is 3.35. The van der Waals surface area contributed by atoms with Crippen LogP contribution in [0, 0.1) is 18.8 Å². The van der Waals surface area contributed by atoms with E-state index >= 15 is 0 Å². The van der Waals surface area contributed by atoms with Gasteiger partial charge in [0, 0.05) is 13.1 Å². The van der Waals surface area contributed by atoms with Crippen molar-refractivity contribution in [2.24, 2.45) is 11.8 Å². The van der Waals surface area contributed by atoms with E-state index in [0.717, 1.165) is 31.0 Å². The van der Waals surface area contributed by atoms with Gasteiger partial charge in [-0.2, -0.15) is 0 Å². The van der Waals surface area contributed by atoms with Gasteiger partial charge in [-0.1, -0.05) is 30.9 Å². The number of benzene rings is 1. The predicted molar refractivity (Wildman–Crippen MR) is 78.8 cm³/mol. The zero-order valence-corrected chi connectivity index (χ0v) is 12.1. The molecule has 1 aromatic carbocycles. The van der Waals surface area contributed by atoms with Crippen LogP contribution in [0.4, 0.5) is 0 Å². The maximum Gasteiger partial charge on any atom is 0.257 e. The summed E-state index contributed by atoms with van der Waals surface area (Å²) in [6, 6.07) is 5.25. The molecule has 1 heterocycles. The Morgan fingerprint density at radius 3 is 2.75 bits per heavy atom. The van der Waals surface area contributed by atoms with Crippen LogP contribution in [0.3, 0.4) is 0 Å². The minimum atomic E-state index is -0.00442. The Bertz CT molecular complexity index is 512. The molecule has 1 aliphatic carbocycles. The molecule has 2 atom stereocenters. The van der Waals surface area contributed by atoms with E-state index in [1.54, 1.807) is 12.1 Å². The molecule has 1 saturated carbocycles. The largest absolute Gasteiger partial charge is 0.507 e. The van der Waals surface area contributed by atoms with E-state index in [2.05, 4.69) is 0 Å². The first kappa shape index (κ1) is 13.5. The Morgan fingerprint density at radius 2 is 1.95 bits per heavy atom. The van der Waals surface area contributed by atoms with Crippen molar-refractivity contribution in [3.8, 4) is 5.75 Å². The molecule has 1 amide bonds. The van der Waals surface area contributed by atoms with Gasteiger partial charge in [0.05, 0.1) is 5.56 Å². The molecule has 108 valence electrons. The number of fused-ring (bicyclic) bond motifs is 1. The summed E-state index contributed by atoms with van der Waals surface area (Å²) in [7, 11) is 0. The average Bonchev–Trinajstić information content (AvgIpc) is 2.48. The maximum absolute atomic E-state index is 12.6. The van der Waals surface area contributed by atoms with Crippen LogP contribution < -0.4 is 0 Å². The molecule has 3 heteroatoms. The average molecular weight is 273 g/mol. The highest BCUT2D eigenvalue weighted by Crippen LogP contribution is 2.36. The Kier molecular flexibility index (Phi) is 3.68. The fourth-order valence-electron chi connectivity index (χ4n) is 3.78. The molecule has 2 aliphatic rings. The number of piperidine rings is 1. The van der Waals surface area contributed by atoms with Gasteiger partial charge in [-0.05, 0) is 43.7 Å². The first-order chi connectivity index (χ1) is 9.65. The highest BCUT2D eigenvalue weighted by Gasteiger charge is 2.33. The summed E-state index contributed by atoms with van der Waals surface area (Å²) in [4.78, 5) is 14.6. The highest BCUT2D eigenvalue weighted by atomic mass is 16.3. The fraction of sp³-hybridized carbons (Fsp3) is 0.588. The number of aromatic hydroxyl groups is 1. The number of phenolic OH excluding ortho intramolecular Hbond substituents is 1. The van der Waals surface area contributed by atoms with Gasteiger partial charge in [-0.15, -0.1) is 0 Å². The van der Waals surface area contributed by atoms with Crippen molar-refractivity contribution in [3.63, 3.8) is 0 Å². The summed E-state index contributed by atoms with van der Waals surface area (Å²) >= 11 is 0. The Balaban J connectivity index is 1.76.